The van der Waals surface area contributed by atoms with Gasteiger partial charge in [0.25, 0.3) is 0 Å². The molecular formula is C89H114ClN17O16S2. The third-order valence-electron chi connectivity index (χ3n) is 21.4. The second-order valence-electron chi connectivity index (χ2n) is 32.4. The van der Waals surface area contributed by atoms with Gasteiger partial charge in [-0.25, -0.2) is 4.79 Å². The van der Waals surface area contributed by atoms with Crippen LogP contribution in [0.5, 0.6) is 0 Å². The number of aromatic nitrogens is 1. The molecule has 4 heterocycles. The van der Waals surface area contributed by atoms with Crippen molar-refractivity contribution in [1.29, 1.82) is 0 Å². The highest BCUT2D eigenvalue weighted by Gasteiger charge is 2.41. The van der Waals surface area contributed by atoms with Gasteiger partial charge < -0.3 is 84.9 Å². The highest BCUT2D eigenvalue weighted by atomic mass is 35.5. The van der Waals surface area contributed by atoms with Crippen molar-refractivity contribution in [3.05, 3.63) is 173 Å². The van der Waals surface area contributed by atoms with Gasteiger partial charge in [0.1, 0.15) is 66.5 Å². The summed E-state index contributed by atoms with van der Waals surface area (Å²) in [5, 5.41) is 51.9. The fraction of sp³-hybridized carbons (Fsp3) is 0.461. The average molecular weight is 1780 g/mol. The number of rotatable bonds is 46. The summed E-state index contributed by atoms with van der Waals surface area (Å²) < 4.78 is 0. The maximum atomic E-state index is 15.7. The third-order valence-corrected chi connectivity index (χ3v) is 24.6. The number of pyridine rings is 1. The number of aliphatic hydroxyl groups is 1. The number of carbonyl (C=O) groups excluding carboxylic acids is 15. The topological polar surface area (TPSA) is 487 Å². The lowest BCUT2D eigenvalue weighted by Gasteiger charge is -2.31. The predicted octanol–water partition coefficient (Wildman–Crippen LogP) is 4.68. The molecule has 125 heavy (non-hydrogen) atoms. The van der Waals surface area contributed by atoms with Crippen LogP contribution in [0.1, 0.15) is 146 Å². The van der Waals surface area contributed by atoms with Gasteiger partial charge in [0, 0.05) is 97.8 Å². The van der Waals surface area contributed by atoms with Crippen LogP contribution in [0.15, 0.2) is 140 Å². The van der Waals surface area contributed by atoms with E-state index in [0.29, 0.717) is 76.0 Å². The highest BCUT2D eigenvalue weighted by molar-refractivity contribution is 8.77. The monoisotopic (exact) mass is 1780 g/mol. The van der Waals surface area contributed by atoms with E-state index in [1.807, 2.05) is 77.9 Å². The summed E-state index contributed by atoms with van der Waals surface area (Å²) in [4.78, 5) is 216. The number of unbranched alkanes of at least 4 members (excludes halogenated alkanes) is 2. The van der Waals surface area contributed by atoms with E-state index < -0.39 is 162 Å². The Morgan fingerprint density at radius 2 is 1.09 bits per heavy atom. The van der Waals surface area contributed by atoms with E-state index in [2.05, 4.69) is 79.4 Å². The molecule has 1 aromatic heterocycles. The van der Waals surface area contributed by atoms with Crippen LogP contribution in [-0.2, 0) is 99.2 Å². The van der Waals surface area contributed by atoms with E-state index in [1.165, 1.54) is 55.4 Å². The van der Waals surface area contributed by atoms with Gasteiger partial charge in [-0.05, 0) is 158 Å². The van der Waals surface area contributed by atoms with Crippen molar-refractivity contribution in [2.24, 2.45) is 11.7 Å². The first kappa shape index (κ1) is 97.3. The number of hydrogen-bond acceptors (Lipinski definition) is 20. The molecule has 0 saturated carbocycles. The fourth-order valence-corrected chi connectivity index (χ4v) is 17.8. The second-order valence-corrected chi connectivity index (χ2v) is 35.6. The number of benzene rings is 5. The number of amides is 16. The zero-order valence-corrected chi connectivity index (χ0v) is 73.3. The molecule has 0 radical (unpaired) electrons. The van der Waals surface area contributed by atoms with Gasteiger partial charge in [-0.3, -0.25) is 77.4 Å². The molecule has 0 bridgehead atoms. The number of hydrogen-bond donors (Lipinski definition) is 16. The summed E-state index contributed by atoms with van der Waals surface area (Å²) in [6.45, 7) is 9.85. The number of fused-ring (bicyclic) bond motifs is 1. The first-order valence-corrected chi connectivity index (χ1v) is 45.0. The molecule has 12 atom stereocenters. The summed E-state index contributed by atoms with van der Waals surface area (Å²) in [7, 11) is 3.73. The van der Waals surface area contributed by atoms with E-state index in [4.69, 9.17) is 17.3 Å². The molecule has 9 rings (SSSR count). The lowest BCUT2D eigenvalue weighted by molar-refractivity contribution is -0.142. The van der Waals surface area contributed by atoms with E-state index in [-0.39, 0.29) is 87.9 Å². The molecule has 17 N–H and O–H groups in total. The Morgan fingerprint density at radius 1 is 0.560 bits per heavy atom. The summed E-state index contributed by atoms with van der Waals surface area (Å²) >= 11 is 6.29. The molecule has 3 aliphatic heterocycles. The minimum Gasteiger partial charge on any atom is -0.394 e. The maximum absolute atomic E-state index is 15.7. The molecule has 0 aliphatic carbocycles. The first-order valence-electron chi connectivity index (χ1n) is 42.3. The van der Waals surface area contributed by atoms with E-state index >= 15 is 28.8 Å². The molecule has 6 aromatic rings. The Bertz CT molecular complexity index is 4740. The molecule has 33 nitrogen and oxygen atoms in total. The number of anilines is 2. The third kappa shape index (κ3) is 31.6. The van der Waals surface area contributed by atoms with Crippen molar-refractivity contribution < 1.29 is 77.0 Å². The minimum absolute atomic E-state index is 0.00758. The Kier molecular flexibility index (Phi) is 37.9. The zero-order valence-electron chi connectivity index (χ0n) is 70.9. The van der Waals surface area contributed by atoms with Crippen molar-refractivity contribution in [1.82, 2.24) is 73.7 Å². The normalized spacial score (nSPS) is 17.1. The molecule has 2 unspecified atom stereocenters. The number of imide groups is 1. The SMILES string of the molecule is CC(=O)N[C@H](Cc1ccc2ccccc2c1)C(=O)N[C@H](Cc1ccc(Cl)cc1)C(=O)N[C@H](Cc1cccnc1)C(=O)N[C@@H](CO)C(=O)N[C@@H](Cc1ccc(NC(=O)C2CC(=O)NC(=O)N2)cc1)C(=O)N[C@H](Cc1ccc(NC(=O)CCCCC2CCSS2)cc1)C(=O)N[C@@H](CC(C)C)C(=O)N[C@@H](CCCCNC(C)C)C(=O)N1CCC[C@H]1C(=O)N[C@H](C)C(N)=O. The number of nitrogens with one attached hydrogen (secondary N) is 14. The summed E-state index contributed by atoms with van der Waals surface area (Å²) in [5.74, 6) is -9.94. The molecule has 3 aliphatic rings. The largest absolute Gasteiger partial charge is 0.394 e. The van der Waals surface area contributed by atoms with Gasteiger partial charge in [0.2, 0.25) is 82.7 Å². The van der Waals surface area contributed by atoms with Crippen molar-refractivity contribution in [3.63, 3.8) is 0 Å². The number of likely N-dealkylation sites (tertiary alicyclic amines) is 1. The number of nitrogens with zero attached hydrogens (tertiary/aromatic N) is 2. The number of carbonyl (C=O) groups is 15. The van der Waals surface area contributed by atoms with Crippen molar-refractivity contribution in [2.45, 2.75) is 228 Å². The molecule has 3 saturated heterocycles. The van der Waals surface area contributed by atoms with Gasteiger partial charge in [-0.15, -0.1) is 0 Å². The lowest BCUT2D eigenvalue weighted by atomic mass is 9.99. The molecular weight excluding hydrogens is 1660 g/mol. The fourth-order valence-electron chi connectivity index (χ4n) is 14.7. The summed E-state index contributed by atoms with van der Waals surface area (Å²) in [6, 6.07) is 19.0. The Labute approximate surface area is 739 Å². The van der Waals surface area contributed by atoms with Gasteiger partial charge in [-0.1, -0.05) is 152 Å². The molecule has 0 spiro atoms. The van der Waals surface area contributed by atoms with Crippen LogP contribution in [-0.4, -0.2) is 207 Å². The highest BCUT2D eigenvalue weighted by Crippen LogP contribution is 2.40. The standard InChI is InChI=1S/C89H114ClN17O16S2/c1-51(2)41-67(80(114)98-66(19-11-12-38-93-52(3)4)88(122)107-39-14-20-75(107)87(121)94-53(5)78(91)112)99-82(116)70(44-56-25-32-63(33-26-56)96-76(110)21-10-9-18-65-36-40-124-125-65)101-84(118)71(45-57-27-34-64(35-28-57)97-79(113)73-48-77(111)106-89(123)105-73)103-86(120)74(50-108)104-85(119)72(47-59-15-13-37-92-49-59)102-83(117)69(43-55-23-30-62(90)31-24-55)100-81(115)68(95-54(6)109)46-58-22-29-60-16-7-8-17-61(60)42-58/h7-8,13,15-17,22-35,37,42,49,51-53,65-75,93,108H,9-12,14,18-21,36,38-41,43-48,50H2,1-6H3,(H2,91,112)(H,94,121)(H,95,109)(H,96,110)(H,97,113)(H,98,114)(H,99,116)(H,100,115)(H,101,118)(H,102,117)(H,103,120)(H,104,119)(H2,105,106,111,123)/t53-,65?,66+,67+,68-,69-,70-,71+,72-,73?,74+,75+/m1/s1. The molecule has 3 fully saturated rings. The van der Waals surface area contributed by atoms with E-state index in [0.717, 1.165) is 35.8 Å². The smallest absolute Gasteiger partial charge is 0.322 e. The first-order chi connectivity index (χ1) is 59.8. The van der Waals surface area contributed by atoms with Gasteiger partial charge in [0.15, 0.2) is 0 Å². The molecule has 36 heteroatoms. The van der Waals surface area contributed by atoms with Gasteiger partial charge in [-0.2, -0.15) is 0 Å². The van der Waals surface area contributed by atoms with Crippen LogP contribution in [0.2, 0.25) is 5.02 Å². The molecule has 5 aromatic carbocycles. The summed E-state index contributed by atoms with van der Waals surface area (Å²) in [6.07, 6.45) is 7.13. The predicted molar refractivity (Wildman–Crippen MR) is 476 cm³/mol. The number of urea groups is 1. The van der Waals surface area contributed by atoms with Crippen molar-refractivity contribution in [3.8, 4) is 0 Å². The van der Waals surface area contributed by atoms with E-state index in [1.54, 1.807) is 74.5 Å². The number of nitrogens with two attached hydrogens (primary N) is 1. The number of aliphatic hydroxyl groups excluding tert-OH is 1. The minimum atomic E-state index is -1.92. The van der Waals surface area contributed by atoms with Crippen LogP contribution in [0.3, 0.4) is 0 Å². The average Bonchev–Trinajstić information content (AvgIpc) is 1.81. The lowest BCUT2D eigenvalue weighted by Crippen LogP contribution is -2.62. The number of halogens is 1. The molecule has 16 amide bonds. The van der Waals surface area contributed by atoms with Crippen LogP contribution in [0, 0.1) is 5.92 Å². The van der Waals surface area contributed by atoms with Crippen molar-refractivity contribution in [2.75, 3.05) is 36.1 Å². The van der Waals surface area contributed by atoms with Crippen LogP contribution < -0.4 is 80.2 Å². The second kappa shape index (κ2) is 48.7. The van der Waals surface area contributed by atoms with Crippen LogP contribution in [0.25, 0.3) is 10.8 Å². The zero-order chi connectivity index (χ0) is 90.2. The Hall–Kier alpha value is -11.5. The van der Waals surface area contributed by atoms with Crippen LogP contribution in [0.4, 0.5) is 16.2 Å². The molecule has 670 valence electrons. The van der Waals surface area contributed by atoms with E-state index in [9.17, 15) is 48.3 Å². The van der Waals surface area contributed by atoms with Crippen molar-refractivity contribution >= 4 is 144 Å². The van der Waals surface area contributed by atoms with Gasteiger partial charge in [0.05, 0.1) is 13.0 Å². The van der Waals surface area contributed by atoms with Gasteiger partial charge >= 0.3 is 6.03 Å². The quantitative estimate of drug-likeness (QED) is 0.0182. The number of primary amides is 1. The summed E-state index contributed by atoms with van der Waals surface area (Å²) in [5.41, 5.74) is 8.46. The Balaban J connectivity index is 1.02. The van der Waals surface area contributed by atoms with Crippen LogP contribution >= 0.6 is 33.2 Å². The maximum Gasteiger partial charge on any atom is 0.322 e. The Morgan fingerprint density at radius 3 is 1.63 bits per heavy atom.